The van der Waals surface area contributed by atoms with Crippen molar-refractivity contribution < 1.29 is 9.47 Å². The van der Waals surface area contributed by atoms with Crippen LogP contribution in [0.5, 0.6) is 0 Å². The van der Waals surface area contributed by atoms with Gasteiger partial charge in [-0.1, -0.05) is 12.1 Å². The normalized spacial score (nSPS) is 10.4. The summed E-state index contributed by atoms with van der Waals surface area (Å²) in [5, 5.41) is 9.07. The molecule has 1 aromatic rings. The van der Waals surface area contributed by atoms with Crippen LogP contribution >= 0.6 is 0 Å². The Balaban J connectivity index is 2.74. The van der Waals surface area contributed by atoms with Crippen molar-refractivity contribution in [1.82, 2.24) is 0 Å². The molecule has 0 aliphatic rings. The standard InChI is InChI=1S/C14H20N2O2/c1-4-17-14(18-5-2)11-16(3)13-9-7-6-8-12(13)10-15/h6-9,14H,4-5,11H2,1-3H3. The Hall–Kier alpha value is -1.57. The topological polar surface area (TPSA) is 45.5 Å². The van der Waals surface area contributed by atoms with Gasteiger partial charge >= 0.3 is 0 Å². The second-order valence-electron chi connectivity index (χ2n) is 3.85. The summed E-state index contributed by atoms with van der Waals surface area (Å²) in [6.45, 7) is 5.70. The molecule has 18 heavy (non-hydrogen) atoms. The number of nitriles is 1. The van der Waals surface area contributed by atoms with E-state index >= 15 is 0 Å². The van der Waals surface area contributed by atoms with E-state index in [2.05, 4.69) is 6.07 Å². The SMILES string of the molecule is CCOC(CN(C)c1ccccc1C#N)OCC. The van der Waals surface area contributed by atoms with Crippen molar-refractivity contribution in [2.75, 3.05) is 31.7 Å². The summed E-state index contributed by atoms with van der Waals surface area (Å²) >= 11 is 0. The first kappa shape index (κ1) is 14.5. The van der Waals surface area contributed by atoms with Gasteiger partial charge in [-0.2, -0.15) is 5.26 Å². The van der Waals surface area contributed by atoms with E-state index in [0.717, 1.165) is 5.69 Å². The van der Waals surface area contributed by atoms with Gasteiger partial charge in [0.1, 0.15) is 6.07 Å². The third-order valence-electron chi connectivity index (χ3n) is 2.56. The first-order valence-corrected chi connectivity index (χ1v) is 6.16. The highest BCUT2D eigenvalue weighted by molar-refractivity contribution is 5.58. The number of rotatable bonds is 7. The minimum atomic E-state index is -0.267. The maximum absolute atomic E-state index is 9.07. The number of benzene rings is 1. The number of hydrogen-bond donors (Lipinski definition) is 0. The maximum atomic E-state index is 9.07. The summed E-state index contributed by atoms with van der Waals surface area (Å²) in [5.74, 6) is 0. The first-order chi connectivity index (χ1) is 8.72. The van der Waals surface area contributed by atoms with Crippen LogP contribution in [0.25, 0.3) is 0 Å². The second kappa shape index (κ2) is 7.70. The minimum Gasteiger partial charge on any atom is -0.368 e. The molecule has 0 radical (unpaired) electrons. The molecule has 0 aromatic heterocycles. The number of ether oxygens (including phenoxy) is 2. The molecule has 0 aliphatic carbocycles. The highest BCUT2D eigenvalue weighted by Crippen LogP contribution is 2.18. The number of hydrogen-bond acceptors (Lipinski definition) is 4. The quantitative estimate of drug-likeness (QED) is 0.695. The Kier molecular flexibility index (Phi) is 6.20. The molecule has 0 saturated carbocycles. The summed E-state index contributed by atoms with van der Waals surface area (Å²) in [6, 6.07) is 9.70. The lowest BCUT2D eigenvalue weighted by Gasteiger charge is -2.26. The van der Waals surface area contributed by atoms with Gasteiger partial charge in [-0.25, -0.2) is 0 Å². The summed E-state index contributed by atoms with van der Waals surface area (Å²) in [6.07, 6.45) is -0.267. The van der Waals surface area contributed by atoms with Crippen LogP contribution in [0.3, 0.4) is 0 Å². The monoisotopic (exact) mass is 248 g/mol. The van der Waals surface area contributed by atoms with Gasteiger partial charge < -0.3 is 14.4 Å². The molecular weight excluding hydrogens is 228 g/mol. The average Bonchev–Trinajstić information content (AvgIpc) is 2.39. The van der Waals surface area contributed by atoms with Gasteiger partial charge in [-0.05, 0) is 26.0 Å². The molecule has 0 aliphatic heterocycles. The van der Waals surface area contributed by atoms with E-state index in [4.69, 9.17) is 14.7 Å². The lowest BCUT2D eigenvalue weighted by molar-refractivity contribution is -0.129. The summed E-state index contributed by atoms with van der Waals surface area (Å²) in [7, 11) is 1.93. The average molecular weight is 248 g/mol. The van der Waals surface area contributed by atoms with E-state index in [1.165, 1.54) is 0 Å². The highest BCUT2D eigenvalue weighted by Gasteiger charge is 2.14. The second-order valence-corrected chi connectivity index (χ2v) is 3.85. The molecule has 0 saturated heterocycles. The van der Waals surface area contributed by atoms with Crippen molar-refractivity contribution >= 4 is 5.69 Å². The first-order valence-electron chi connectivity index (χ1n) is 6.16. The molecule has 4 heteroatoms. The minimum absolute atomic E-state index is 0.267. The van der Waals surface area contributed by atoms with Crippen molar-refractivity contribution in [3.63, 3.8) is 0 Å². The molecule has 0 amide bonds. The van der Waals surface area contributed by atoms with E-state index in [1.54, 1.807) is 0 Å². The molecule has 0 N–H and O–H groups in total. The van der Waals surface area contributed by atoms with Crippen molar-refractivity contribution in [2.45, 2.75) is 20.1 Å². The van der Waals surface area contributed by atoms with Crippen LogP contribution in [0.1, 0.15) is 19.4 Å². The molecule has 1 aromatic carbocycles. The predicted octanol–water partition coefficient (Wildman–Crippen LogP) is 2.39. The van der Waals surface area contributed by atoms with Crippen LogP contribution in [0, 0.1) is 11.3 Å². The van der Waals surface area contributed by atoms with Gasteiger partial charge in [0.15, 0.2) is 6.29 Å². The van der Waals surface area contributed by atoms with Crippen molar-refractivity contribution in [2.24, 2.45) is 0 Å². The van der Waals surface area contributed by atoms with Crippen molar-refractivity contribution in [3.05, 3.63) is 29.8 Å². The third kappa shape index (κ3) is 4.02. The van der Waals surface area contributed by atoms with E-state index in [-0.39, 0.29) is 6.29 Å². The Labute approximate surface area is 109 Å². The Bertz CT molecular complexity index is 395. The molecular formula is C14H20N2O2. The maximum Gasteiger partial charge on any atom is 0.174 e. The van der Waals surface area contributed by atoms with Crippen LogP contribution in [0.15, 0.2) is 24.3 Å². The zero-order valence-corrected chi connectivity index (χ0v) is 11.2. The zero-order valence-electron chi connectivity index (χ0n) is 11.2. The molecule has 0 fully saturated rings. The lowest BCUT2D eigenvalue weighted by Crippen LogP contribution is -2.33. The molecule has 4 nitrogen and oxygen atoms in total. The van der Waals surface area contributed by atoms with Crippen LogP contribution in [0.4, 0.5) is 5.69 Å². The van der Waals surface area contributed by atoms with Gasteiger partial charge in [0.2, 0.25) is 0 Å². The third-order valence-corrected chi connectivity index (χ3v) is 2.56. The Morgan fingerprint density at radius 3 is 2.39 bits per heavy atom. The van der Waals surface area contributed by atoms with E-state index in [9.17, 15) is 0 Å². The molecule has 0 spiro atoms. The van der Waals surface area contributed by atoms with E-state index in [0.29, 0.717) is 25.3 Å². The lowest BCUT2D eigenvalue weighted by atomic mass is 10.2. The molecule has 0 atom stereocenters. The fourth-order valence-corrected chi connectivity index (χ4v) is 1.75. The molecule has 0 heterocycles. The van der Waals surface area contributed by atoms with Crippen LogP contribution in [-0.4, -0.2) is 33.1 Å². The molecule has 0 bridgehead atoms. The number of likely N-dealkylation sites (N-methyl/N-ethyl adjacent to an activating group) is 1. The van der Waals surface area contributed by atoms with Gasteiger partial charge in [-0.15, -0.1) is 0 Å². The van der Waals surface area contributed by atoms with Crippen LogP contribution in [-0.2, 0) is 9.47 Å². The van der Waals surface area contributed by atoms with Gasteiger partial charge in [-0.3, -0.25) is 0 Å². The van der Waals surface area contributed by atoms with Gasteiger partial charge in [0, 0.05) is 20.3 Å². The number of nitrogens with zero attached hydrogens (tertiary/aromatic N) is 2. The van der Waals surface area contributed by atoms with Gasteiger partial charge in [0.25, 0.3) is 0 Å². The summed E-state index contributed by atoms with van der Waals surface area (Å²) in [4.78, 5) is 1.98. The van der Waals surface area contributed by atoms with Gasteiger partial charge in [0.05, 0.1) is 17.8 Å². The van der Waals surface area contributed by atoms with Crippen molar-refractivity contribution in [3.8, 4) is 6.07 Å². The fourth-order valence-electron chi connectivity index (χ4n) is 1.75. The van der Waals surface area contributed by atoms with E-state index < -0.39 is 0 Å². The largest absolute Gasteiger partial charge is 0.368 e. The summed E-state index contributed by atoms with van der Waals surface area (Å²) < 4.78 is 11.0. The zero-order chi connectivity index (χ0) is 13.4. The number of anilines is 1. The molecule has 1 rings (SSSR count). The smallest absolute Gasteiger partial charge is 0.174 e. The van der Waals surface area contributed by atoms with Crippen LogP contribution < -0.4 is 4.90 Å². The Morgan fingerprint density at radius 1 is 1.22 bits per heavy atom. The highest BCUT2D eigenvalue weighted by atomic mass is 16.7. The van der Waals surface area contributed by atoms with Crippen molar-refractivity contribution in [1.29, 1.82) is 5.26 Å². The summed E-state index contributed by atoms with van der Waals surface area (Å²) in [5.41, 5.74) is 1.55. The van der Waals surface area contributed by atoms with Crippen LogP contribution in [0.2, 0.25) is 0 Å². The molecule has 0 unspecified atom stereocenters. The number of para-hydroxylation sites is 1. The predicted molar refractivity (Wildman–Crippen MR) is 71.5 cm³/mol. The van der Waals surface area contributed by atoms with E-state index in [1.807, 2.05) is 50.1 Å². The Morgan fingerprint density at radius 2 is 1.83 bits per heavy atom. The molecule has 98 valence electrons. The fraction of sp³-hybridized carbons (Fsp3) is 0.500.